The van der Waals surface area contributed by atoms with Crippen molar-refractivity contribution in [2.45, 2.75) is 29.9 Å². The predicted molar refractivity (Wildman–Crippen MR) is 107 cm³/mol. The summed E-state index contributed by atoms with van der Waals surface area (Å²) in [4.78, 5) is 11.0. The van der Waals surface area contributed by atoms with Crippen molar-refractivity contribution in [3.05, 3.63) is 64.7 Å². The number of sulfonamides is 1. The van der Waals surface area contributed by atoms with Crippen molar-refractivity contribution in [3.63, 3.8) is 0 Å². The molecule has 0 aliphatic rings. The van der Waals surface area contributed by atoms with Crippen molar-refractivity contribution in [3.8, 4) is 0 Å². The van der Waals surface area contributed by atoms with Crippen LogP contribution in [0, 0.1) is 10.1 Å². The molecule has 0 heterocycles. The number of nitrogens with zero attached hydrogens (tertiary/aromatic N) is 2. The lowest BCUT2D eigenvalue weighted by atomic mass is 10.3. The Morgan fingerprint density at radius 3 is 2.11 bits per heavy atom. The summed E-state index contributed by atoms with van der Waals surface area (Å²) in [5, 5.41) is 10.9. The van der Waals surface area contributed by atoms with Gasteiger partial charge < -0.3 is 9.47 Å². The second-order valence-electron chi connectivity index (χ2n) is 5.49. The maximum atomic E-state index is 12.7. The van der Waals surface area contributed by atoms with E-state index >= 15 is 0 Å². The Morgan fingerprint density at radius 2 is 1.61 bits per heavy atom. The van der Waals surface area contributed by atoms with Crippen molar-refractivity contribution < 1.29 is 22.8 Å². The van der Waals surface area contributed by atoms with E-state index in [0.29, 0.717) is 18.1 Å². The fraction of sp³-hybridized carbons (Fsp3) is 0.333. The first-order chi connectivity index (χ1) is 13.4. The van der Waals surface area contributed by atoms with Crippen molar-refractivity contribution in [1.29, 1.82) is 0 Å². The Morgan fingerprint density at radius 1 is 1.04 bits per heavy atom. The fourth-order valence-electron chi connectivity index (χ4n) is 2.29. The van der Waals surface area contributed by atoms with E-state index in [4.69, 9.17) is 9.47 Å². The van der Waals surface area contributed by atoms with Gasteiger partial charge in [0.05, 0.1) is 15.6 Å². The van der Waals surface area contributed by atoms with Crippen LogP contribution < -0.4 is 0 Å². The monoisotopic (exact) mass is 426 g/mol. The molecule has 0 amide bonds. The average molecular weight is 427 g/mol. The van der Waals surface area contributed by atoms with Gasteiger partial charge in [0.1, 0.15) is 0 Å². The maximum Gasteiger partial charge on any atom is 0.288 e. The molecule has 0 unspecified atom stereocenters. The quantitative estimate of drug-likeness (QED) is 0.327. The van der Waals surface area contributed by atoms with Crippen LogP contribution in [-0.4, -0.2) is 38.6 Å². The average Bonchev–Trinajstić information content (AvgIpc) is 2.68. The summed E-state index contributed by atoms with van der Waals surface area (Å²) in [5.74, 6) is 0.186. The van der Waals surface area contributed by atoms with Crippen LogP contribution >= 0.6 is 0 Å². The van der Waals surface area contributed by atoms with Gasteiger partial charge in [0.2, 0.25) is 0 Å². The van der Waals surface area contributed by atoms with Crippen LogP contribution in [0.1, 0.15) is 13.8 Å². The zero-order valence-corrected chi connectivity index (χ0v) is 17.2. The Kier molecular flexibility index (Phi) is 8.24. The Bertz CT molecular complexity index is 909. The van der Waals surface area contributed by atoms with E-state index in [2.05, 4.69) is 3.77 Å². The first kappa shape index (κ1) is 22.2. The van der Waals surface area contributed by atoms with E-state index in [1.807, 2.05) is 13.8 Å². The summed E-state index contributed by atoms with van der Waals surface area (Å²) in [6.45, 7) is 4.42. The number of ether oxygens (including phenoxy) is 2. The summed E-state index contributed by atoms with van der Waals surface area (Å²) < 4.78 is 40.7. The molecule has 1 atom stereocenters. The second-order valence-corrected chi connectivity index (χ2v) is 9.04. The molecule has 28 heavy (non-hydrogen) atoms. The van der Waals surface area contributed by atoms with Gasteiger partial charge in [0.15, 0.2) is 6.29 Å². The highest BCUT2D eigenvalue weighted by atomic mass is 32.3. The molecule has 0 aromatic heterocycles. The van der Waals surface area contributed by atoms with Crippen LogP contribution in [0.2, 0.25) is 0 Å². The lowest BCUT2D eigenvalue weighted by molar-refractivity contribution is -0.384. The molecule has 2 aromatic carbocycles. The third-order valence-electron chi connectivity index (χ3n) is 3.55. The Balaban J connectivity index is 2.47. The van der Waals surface area contributed by atoms with E-state index < -0.39 is 31.9 Å². The summed E-state index contributed by atoms with van der Waals surface area (Å²) in [6.07, 6.45) is -0.636. The molecule has 0 radical (unpaired) electrons. The van der Waals surface area contributed by atoms with Crippen LogP contribution in [0.15, 0.2) is 68.2 Å². The second kappa shape index (κ2) is 10.4. The number of rotatable bonds is 10. The Hall–Kier alpha value is -2.14. The molecule has 0 aliphatic heterocycles. The fourth-order valence-corrected chi connectivity index (χ4v) is 5.77. The van der Waals surface area contributed by atoms with Gasteiger partial charge in [-0.25, -0.2) is 0 Å². The summed E-state index contributed by atoms with van der Waals surface area (Å²) in [7, 11) is -5.07. The summed E-state index contributed by atoms with van der Waals surface area (Å²) in [5.41, 5.74) is -0.0793. The first-order valence-corrected chi connectivity index (χ1v) is 11.4. The van der Waals surface area contributed by atoms with Gasteiger partial charge in [-0.1, -0.05) is 18.2 Å². The lowest BCUT2D eigenvalue weighted by Gasteiger charge is -2.18. The minimum atomic E-state index is -3.92. The van der Waals surface area contributed by atoms with Crippen LogP contribution in [-0.2, 0) is 30.2 Å². The van der Waals surface area contributed by atoms with E-state index in [1.54, 1.807) is 18.2 Å². The summed E-state index contributed by atoms with van der Waals surface area (Å²) in [6, 6.07) is 13.6. The highest BCUT2D eigenvalue weighted by Gasteiger charge is 2.19. The number of hydrogen-bond donors (Lipinski definition) is 0. The molecular formula is C18H22N2O6S2. The number of hydrogen-bond acceptors (Lipinski definition) is 6. The third-order valence-corrected chi connectivity index (χ3v) is 7.32. The van der Waals surface area contributed by atoms with E-state index in [9.17, 15) is 18.5 Å². The molecule has 0 bridgehead atoms. The molecule has 0 spiro atoms. The van der Waals surface area contributed by atoms with Gasteiger partial charge in [-0.3, -0.25) is 10.1 Å². The van der Waals surface area contributed by atoms with Crippen molar-refractivity contribution in [2.24, 2.45) is 3.77 Å². The molecular weight excluding hydrogens is 404 g/mol. The summed E-state index contributed by atoms with van der Waals surface area (Å²) >= 11 is 0. The molecule has 0 N–H and O–H groups in total. The maximum absolute atomic E-state index is 12.7. The van der Waals surface area contributed by atoms with Gasteiger partial charge in [0.25, 0.3) is 15.7 Å². The first-order valence-electron chi connectivity index (χ1n) is 8.59. The predicted octanol–water partition coefficient (Wildman–Crippen LogP) is 3.54. The van der Waals surface area contributed by atoms with E-state index in [-0.39, 0.29) is 16.3 Å². The highest BCUT2D eigenvalue weighted by Crippen LogP contribution is 2.21. The van der Waals surface area contributed by atoms with Crippen LogP contribution in [0.5, 0.6) is 0 Å². The molecule has 0 fully saturated rings. The van der Waals surface area contributed by atoms with Crippen LogP contribution in [0.3, 0.4) is 0 Å². The minimum Gasteiger partial charge on any atom is -0.352 e. The molecule has 2 aromatic rings. The number of non-ortho nitro benzene ring substituents is 1. The number of benzene rings is 2. The standard InChI is InChI=1S/C18H22N2O6S2/c1-3-25-18(26-4-2)14-27(16-12-10-15(11-13-16)20(21)22)19-28(23,24)17-8-6-5-7-9-17/h5-13,18H,3-4,14H2,1-2H3/t27-/m0/s1. The normalized spacial score (nSPS) is 13.0. The lowest BCUT2D eigenvalue weighted by Crippen LogP contribution is -2.25. The van der Waals surface area contributed by atoms with Gasteiger partial charge in [0, 0.05) is 30.2 Å². The minimum absolute atomic E-state index is 0.0793. The van der Waals surface area contributed by atoms with Crippen molar-refractivity contribution >= 4 is 26.4 Å². The van der Waals surface area contributed by atoms with Crippen molar-refractivity contribution in [2.75, 3.05) is 19.0 Å². The largest absolute Gasteiger partial charge is 0.352 e. The van der Waals surface area contributed by atoms with E-state index in [1.165, 1.54) is 36.4 Å². The molecule has 8 nitrogen and oxygen atoms in total. The van der Waals surface area contributed by atoms with Gasteiger partial charge in [-0.05, 0) is 48.8 Å². The Labute approximate surface area is 166 Å². The smallest absolute Gasteiger partial charge is 0.288 e. The van der Waals surface area contributed by atoms with Gasteiger partial charge >= 0.3 is 0 Å². The molecule has 0 saturated carbocycles. The zero-order chi connectivity index (χ0) is 20.6. The topological polar surface area (TPSA) is 108 Å². The van der Waals surface area contributed by atoms with Crippen molar-refractivity contribution in [1.82, 2.24) is 0 Å². The third kappa shape index (κ3) is 6.20. The molecule has 0 saturated heterocycles. The zero-order valence-electron chi connectivity index (χ0n) is 15.6. The van der Waals surface area contributed by atoms with Gasteiger partial charge in [-0.15, -0.1) is 3.77 Å². The number of nitro benzene ring substituents is 1. The van der Waals surface area contributed by atoms with Crippen LogP contribution in [0.25, 0.3) is 0 Å². The van der Waals surface area contributed by atoms with E-state index in [0.717, 1.165) is 0 Å². The van der Waals surface area contributed by atoms with Crippen LogP contribution in [0.4, 0.5) is 5.69 Å². The molecule has 10 heteroatoms. The molecule has 0 aliphatic carbocycles. The molecule has 2 rings (SSSR count). The molecule has 152 valence electrons. The SMILES string of the molecule is CCOC(C[S@](=NS(=O)(=O)c1ccccc1)c1ccc([N+](=O)[O-])cc1)OCC. The highest BCUT2D eigenvalue weighted by molar-refractivity contribution is 8.00. The number of nitro groups is 1. The van der Waals surface area contributed by atoms with Gasteiger partial charge in [-0.2, -0.15) is 8.42 Å².